The van der Waals surface area contributed by atoms with Crippen molar-refractivity contribution in [1.82, 2.24) is 9.97 Å². The highest BCUT2D eigenvalue weighted by Gasteiger charge is 2.08. The van der Waals surface area contributed by atoms with Crippen molar-refractivity contribution < 1.29 is 9.47 Å². The third-order valence-corrected chi connectivity index (χ3v) is 2.77. The summed E-state index contributed by atoms with van der Waals surface area (Å²) in [5, 5.41) is 0. The molecule has 1 heterocycles. The molecular weight excluding hydrogens is 266 g/mol. The van der Waals surface area contributed by atoms with Gasteiger partial charge in [-0.2, -0.15) is 4.98 Å². The molecule has 0 saturated carbocycles. The summed E-state index contributed by atoms with van der Waals surface area (Å²) in [5.41, 5.74) is 5.80. The molecule has 0 atom stereocenters. The number of anilines is 1. The Balaban J connectivity index is 2.21. The normalized spacial score (nSPS) is 10.4. The first kappa shape index (κ1) is 15.1. The molecule has 0 spiro atoms. The van der Waals surface area contributed by atoms with E-state index in [4.69, 9.17) is 15.2 Å². The van der Waals surface area contributed by atoms with Crippen molar-refractivity contribution in [3.63, 3.8) is 0 Å². The number of nitrogen functional groups attached to an aromatic ring is 1. The Morgan fingerprint density at radius 2 is 1.81 bits per heavy atom. The molecule has 112 valence electrons. The molecule has 21 heavy (non-hydrogen) atoms. The first-order valence-electron chi connectivity index (χ1n) is 7.26. The molecule has 2 aromatic rings. The molecule has 2 rings (SSSR count). The second kappa shape index (κ2) is 7.47. The van der Waals surface area contributed by atoms with E-state index in [9.17, 15) is 0 Å². The zero-order chi connectivity index (χ0) is 15.1. The van der Waals surface area contributed by atoms with Crippen molar-refractivity contribution in [3.8, 4) is 17.4 Å². The van der Waals surface area contributed by atoms with E-state index >= 15 is 0 Å². The maximum atomic E-state index is 5.82. The molecule has 0 fully saturated rings. The number of hydrogen-bond acceptors (Lipinski definition) is 5. The van der Waals surface area contributed by atoms with Crippen molar-refractivity contribution in [2.24, 2.45) is 0 Å². The van der Waals surface area contributed by atoms with Crippen molar-refractivity contribution in [1.29, 1.82) is 0 Å². The summed E-state index contributed by atoms with van der Waals surface area (Å²) < 4.78 is 11.5. The van der Waals surface area contributed by atoms with Crippen LogP contribution < -0.4 is 15.2 Å². The Labute approximate surface area is 125 Å². The SMILES string of the molecule is CCCOc1ccccc1Oc1cc(N)nc(CCC)n1. The van der Waals surface area contributed by atoms with Gasteiger partial charge in [-0.05, 0) is 25.0 Å². The Hall–Kier alpha value is -2.30. The summed E-state index contributed by atoms with van der Waals surface area (Å²) >= 11 is 0. The molecule has 5 heteroatoms. The van der Waals surface area contributed by atoms with Crippen LogP contribution in [0.2, 0.25) is 0 Å². The van der Waals surface area contributed by atoms with E-state index in [1.807, 2.05) is 24.3 Å². The maximum absolute atomic E-state index is 5.82. The molecule has 5 nitrogen and oxygen atoms in total. The van der Waals surface area contributed by atoms with Crippen LogP contribution in [0.4, 0.5) is 5.82 Å². The highest BCUT2D eigenvalue weighted by Crippen LogP contribution is 2.31. The van der Waals surface area contributed by atoms with Crippen LogP contribution in [0.3, 0.4) is 0 Å². The zero-order valence-corrected chi connectivity index (χ0v) is 12.5. The largest absolute Gasteiger partial charge is 0.490 e. The van der Waals surface area contributed by atoms with Crippen LogP contribution in [-0.2, 0) is 6.42 Å². The monoisotopic (exact) mass is 287 g/mol. The molecule has 0 amide bonds. The molecule has 0 bridgehead atoms. The minimum Gasteiger partial charge on any atom is -0.490 e. The van der Waals surface area contributed by atoms with Crippen molar-refractivity contribution in [2.45, 2.75) is 33.1 Å². The lowest BCUT2D eigenvalue weighted by Gasteiger charge is -2.12. The van der Waals surface area contributed by atoms with Crippen LogP contribution in [0, 0.1) is 0 Å². The third kappa shape index (κ3) is 4.34. The summed E-state index contributed by atoms with van der Waals surface area (Å²) in [6.07, 6.45) is 2.67. The van der Waals surface area contributed by atoms with Crippen LogP contribution in [0.5, 0.6) is 17.4 Å². The predicted octanol–water partition coefficient (Wildman–Crippen LogP) is 3.59. The summed E-state index contributed by atoms with van der Waals surface area (Å²) in [6, 6.07) is 9.15. The van der Waals surface area contributed by atoms with Gasteiger partial charge in [0.05, 0.1) is 6.61 Å². The topological polar surface area (TPSA) is 70.3 Å². The van der Waals surface area contributed by atoms with Crippen molar-refractivity contribution in [3.05, 3.63) is 36.2 Å². The van der Waals surface area contributed by atoms with Gasteiger partial charge in [0.1, 0.15) is 11.6 Å². The lowest BCUT2D eigenvalue weighted by Crippen LogP contribution is -2.02. The molecule has 0 aliphatic carbocycles. The number of benzene rings is 1. The lowest BCUT2D eigenvalue weighted by molar-refractivity contribution is 0.300. The lowest BCUT2D eigenvalue weighted by atomic mass is 10.3. The van der Waals surface area contributed by atoms with Gasteiger partial charge >= 0.3 is 0 Å². The van der Waals surface area contributed by atoms with Crippen LogP contribution in [0.1, 0.15) is 32.5 Å². The Bertz CT molecular complexity index is 587. The predicted molar refractivity (Wildman–Crippen MR) is 82.7 cm³/mol. The van der Waals surface area contributed by atoms with Gasteiger partial charge in [-0.15, -0.1) is 0 Å². The van der Waals surface area contributed by atoms with E-state index in [1.54, 1.807) is 6.07 Å². The number of rotatable bonds is 7. The quantitative estimate of drug-likeness (QED) is 0.842. The smallest absolute Gasteiger partial charge is 0.224 e. The fourth-order valence-corrected chi connectivity index (χ4v) is 1.86. The van der Waals surface area contributed by atoms with E-state index in [0.29, 0.717) is 35.6 Å². The summed E-state index contributed by atoms with van der Waals surface area (Å²) in [6.45, 7) is 4.78. The van der Waals surface area contributed by atoms with Gasteiger partial charge < -0.3 is 15.2 Å². The fourth-order valence-electron chi connectivity index (χ4n) is 1.86. The number of aromatic nitrogens is 2. The van der Waals surface area contributed by atoms with Gasteiger partial charge in [0.15, 0.2) is 11.5 Å². The Kier molecular flexibility index (Phi) is 5.37. The number of hydrogen-bond donors (Lipinski definition) is 1. The van der Waals surface area contributed by atoms with Gasteiger partial charge in [0.25, 0.3) is 0 Å². The number of para-hydroxylation sites is 2. The molecule has 0 saturated heterocycles. The standard InChI is InChI=1S/C16H21N3O2/c1-3-7-15-18-14(17)11-16(19-15)21-13-9-6-5-8-12(13)20-10-4-2/h5-6,8-9,11H,3-4,7,10H2,1-2H3,(H2,17,18,19). The highest BCUT2D eigenvalue weighted by molar-refractivity contribution is 5.43. The van der Waals surface area contributed by atoms with Crippen LogP contribution in [0.15, 0.2) is 30.3 Å². The molecule has 2 N–H and O–H groups in total. The number of aryl methyl sites for hydroxylation is 1. The average molecular weight is 287 g/mol. The molecule has 1 aromatic heterocycles. The maximum Gasteiger partial charge on any atom is 0.224 e. The number of nitrogens with two attached hydrogens (primary N) is 1. The summed E-state index contributed by atoms with van der Waals surface area (Å²) in [5.74, 6) is 2.88. The second-order valence-corrected chi connectivity index (χ2v) is 4.69. The minimum atomic E-state index is 0.412. The van der Waals surface area contributed by atoms with Crippen LogP contribution >= 0.6 is 0 Å². The molecular formula is C16H21N3O2. The second-order valence-electron chi connectivity index (χ2n) is 4.69. The average Bonchev–Trinajstić information content (AvgIpc) is 2.46. The van der Waals surface area contributed by atoms with E-state index in [2.05, 4.69) is 23.8 Å². The Morgan fingerprint density at radius 3 is 2.52 bits per heavy atom. The van der Waals surface area contributed by atoms with Gasteiger partial charge in [-0.3, -0.25) is 0 Å². The van der Waals surface area contributed by atoms with E-state index in [-0.39, 0.29) is 0 Å². The van der Waals surface area contributed by atoms with E-state index in [0.717, 1.165) is 19.3 Å². The first-order valence-corrected chi connectivity index (χ1v) is 7.26. The van der Waals surface area contributed by atoms with Gasteiger partial charge in [0.2, 0.25) is 5.88 Å². The zero-order valence-electron chi connectivity index (χ0n) is 12.5. The fraction of sp³-hybridized carbons (Fsp3) is 0.375. The van der Waals surface area contributed by atoms with Crippen molar-refractivity contribution in [2.75, 3.05) is 12.3 Å². The van der Waals surface area contributed by atoms with Crippen LogP contribution in [0.25, 0.3) is 0 Å². The molecule has 0 aliphatic rings. The van der Waals surface area contributed by atoms with Gasteiger partial charge in [-0.1, -0.05) is 26.0 Å². The van der Waals surface area contributed by atoms with Crippen molar-refractivity contribution >= 4 is 5.82 Å². The molecule has 0 radical (unpaired) electrons. The molecule has 0 unspecified atom stereocenters. The molecule has 0 aliphatic heterocycles. The minimum absolute atomic E-state index is 0.412. The van der Waals surface area contributed by atoms with Gasteiger partial charge in [0, 0.05) is 12.5 Å². The Morgan fingerprint density at radius 1 is 1.05 bits per heavy atom. The third-order valence-electron chi connectivity index (χ3n) is 2.77. The van der Waals surface area contributed by atoms with E-state index in [1.165, 1.54) is 0 Å². The van der Waals surface area contributed by atoms with Gasteiger partial charge in [-0.25, -0.2) is 4.98 Å². The highest BCUT2D eigenvalue weighted by atomic mass is 16.5. The number of ether oxygens (including phenoxy) is 2. The molecule has 1 aromatic carbocycles. The van der Waals surface area contributed by atoms with Crippen LogP contribution in [-0.4, -0.2) is 16.6 Å². The summed E-state index contributed by atoms with van der Waals surface area (Å²) in [7, 11) is 0. The number of nitrogens with zero attached hydrogens (tertiary/aromatic N) is 2. The van der Waals surface area contributed by atoms with E-state index < -0.39 is 0 Å². The summed E-state index contributed by atoms with van der Waals surface area (Å²) in [4.78, 5) is 8.56. The first-order chi connectivity index (χ1) is 10.2.